The van der Waals surface area contributed by atoms with Gasteiger partial charge in [-0.3, -0.25) is 9.59 Å². The van der Waals surface area contributed by atoms with E-state index in [1.54, 1.807) is 0 Å². The summed E-state index contributed by atoms with van der Waals surface area (Å²) in [5.74, 6) is 0.0524. The number of allylic oxidation sites excluding steroid dienone is 1. The molecule has 1 unspecified atom stereocenters. The predicted octanol–water partition coefficient (Wildman–Crippen LogP) is 6.41. The van der Waals surface area contributed by atoms with Gasteiger partial charge in [0.2, 0.25) is 0 Å². The molecule has 2 aromatic carbocycles. The van der Waals surface area contributed by atoms with Crippen LogP contribution in [0.1, 0.15) is 90.6 Å². The third-order valence-electron chi connectivity index (χ3n) is 9.23. The SMILES string of the molecule is C=C1CC[C@H]2[C@H](c3ccccc3)c3c(O)c(C=O)c(O)c(C=O)c3O[C@]2(C)CCC2[C@@H]1CC2(C)C. The zero-order valence-electron chi connectivity index (χ0n) is 20.7. The second-order valence-electron chi connectivity index (χ2n) is 11.6. The molecule has 0 bridgehead atoms. The van der Waals surface area contributed by atoms with Crippen LogP contribution in [0.15, 0.2) is 42.5 Å². The summed E-state index contributed by atoms with van der Waals surface area (Å²) < 4.78 is 6.66. The smallest absolute Gasteiger partial charge is 0.157 e. The van der Waals surface area contributed by atoms with Crippen LogP contribution in [0.4, 0.5) is 0 Å². The van der Waals surface area contributed by atoms with E-state index < -0.39 is 11.4 Å². The molecule has 0 amide bonds. The number of phenolic OH excluding ortho intramolecular Hbond substituents is 2. The molecule has 2 N–H and O–H groups in total. The zero-order valence-corrected chi connectivity index (χ0v) is 20.7. The van der Waals surface area contributed by atoms with Crippen molar-refractivity contribution < 1.29 is 24.5 Å². The van der Waals surface area contributed by atoms with E-state index in [2.05, 4.69) is 27.4 Å². The van der Waals surface area contributed by atoms with Gasteiger partial charge < -0.3 is 14.9 Å². The molecule has 35 heavy (non-hydrogen) atoms. The van der Waals surface area contributed by atoms with Gasteiger partial charge in [0.05, 0.1) is 11.1 Å². The van der Waals surface area contributed by atoms with Crippen LogP contribution in [-0.4, -0.2) is 28.4 Å². The van der Waals surface area contributed by atoms with Crippen LogP contribution in [0.2, 0.25) is 0 Å². The molecule has 5 nitrogen and oxygen atoms in total. The third kappa shape index (κ3) is 3.50. The average molecular weight is 475 g/mol. The highest BCUT2D eigenvalue weighted by molar-refractivity contribution is 5.95. The summed E-state index contributed by atoms with van der Waals surface area (Å²) in [7, 11) is 0. The Labute approximate surface area is 206 Å². The molecule has 5 atom stereocenters. The molecule has 0 spiro atoms. The Morgan fingerprint density at radius 1 is 0.971 bits per heavy atom. The number of phenols is 2. The first kappa shape index (κ1) is 23.7. The Bertz CT molecular complexity index is 1200. The number of fused-ring (bicyclic) bond motifs is 3. The molecule has 5 rings (SSSR count). The van der Waals surface area contributed by atoms with E-state index in [1.807, 2.05) is 30.3 Å². The van der Waals surface area contributed by atoms with Gasteiger partial charge in [0.15, 0.2) is 12.6 Å². The van der Waals surface area contributed by atoms with E-state index in [4.69, 9.17) is 4.74 Å². The van der Waals surface area contributed by atoms with Crippen LogP contribution in [0.3, 0.4) is 0 Å². The second kappa shape index (κ2) is 8.25. The standard InChI is InChI=1S/C30H34O5/c1-17-10-11-23-24(18-8-6-5-7-9-18)25-27(34)20(15-31)26(33)21(16-32)28(25)35-30(23,4)13-12-22-19(17)14-29(22,2)3/h5-9,15-16,19,22-24,33-34H,1,10-14H2,2-4H3/t19-,22?,23+,24+,30-/m1/s1. The maximum Gasteiger partial charge on any atom is 0.157 e. The molecule has 1 heterocycles. The van der Waals surface area contributed by atoms with Crippen LogP contribution in [0.25, 0.3) is 0 Å². The first-order valence-electron chi connectivity index (χ1n) is 12.6. The highest BCUT2D eigenvalue weighted by Crippen LogP contribution is 2.62. The van der Waals surface area contributed by atoms with Gasteiger partial charge in [-0.15, -0.1) is 0 Å². The lowest BCUT2D eigenvalue weighted by Gasteiger charge is -2.53. The lowest BCUT2D eigenvalue weighted by Crippen LogP contribution is -2.49. The number of aldehydes is 2. The molecule has 3 aliphatic rings. The Kier molecular flexibility index (Phi) is 5.58. The Hall–Kier alpha value is -3.08. The maximum absolute atomic E-state index is 12.1. The molecular weight excluding hydrogens is 440 g/mol. The summed E-state index contributed by atoms with van der Waals surface area (Å²) in [5, 5.41) is 21.9. The highest BCUT2D eigenvalue weighted by atomic mass is 16.5. The van der Waals surface area contributed by atoms with Gasteiger partial charge in [-0.25, -0.2) is 0 Å². The number of carbonyl (C=O) groups is 2. The minimum Gasteiger partial charge on any atom is -0.507 e. The molecule has 0 aromatic heterocycles. The van der Waals surface area contributed by atoms with Gasteiger partial charge in [0.25, 0.3) is 0 Å². The summed E-state index contributed by atoms with van der Waals surface area (Å²) in [6.07, 6.45) is 5.50. The maximum atomic E-state index is 12.1. The highest BCUT2D eigenvalue weighted by Gasteiger charge is 2.54. The lowest BCUT2D eigenvalue weighted by molar-refractivity contribution is -0.0395. The fourth-order valence-corrected chi connectivity index (χ4v) is 7.25. The van der Waals surface area contributed by atoms with Crippen molar-refractivity contribution in [3.8, 4) is 17.2 Å². The van der Waals surface area contributed by atoms with E-state index >= 15 is 0 Å². The molecule has 0 saturated heterocycles. The van der Waals surface area contributed by atoms with Crippen molar-refractivity contribution in [2.24, 2.45) is 23.2 Å². The quantitative estimate of drug-likeness (QED) is 0.396. The molecule has 2 aromatic rings. The first-order chi connectivity index (χ1) is 16.6. The van der Waals surface area contributed by atoms with Crippen LogP contribution in [-0.2, 0) is 0 Å². The van der Waals surface area contributed by atoms with Crippen molar-refractivity contribution in [2.75, 3.05) is 0 Å². The monoisotopic (exact) mass is 474 g/mol. The fourth-order valence-electron chi connectivity index (χ4n) is 7.25. The molecule has 5 heteroatoms. The Balaban J connectivity index is 1.73. The van der Waals surface area contributed by atoms with Gasteiger partial charge in [-0.05, 0) is 61.8 Å². The van der Waals surface area contributed by atoms with Crippen molar-refractivity contribution >= 4 is 12.6 Å². The molecular formula is C30H34O5. The number of benzene rings is 2. The van der Waals surface area contributed by atoms with Crippen molar-refractivity contribution in [3.63, 3.8) is 0 Å². The average Bonchev–Trinajstić information content (AvgIpc) is 2.86. The largest absolute Gasteiger partial charge is 0.507 e. The molecule has 2 aliphatic carbocycles. The van der Waals surface area contributed by atoms with Crippen molar-refractivity contribution in [1.29, 1.82) is 0 Å². The van der Waals surface area contributed by atoms with Gasteiger partial charge in [-0.1, -0.05) is 56.3 Å². The summed E-state index contributed by atoms with van der Waals surface area (Å²) in [6, 6.07) is 9.89. The van der Waals surface area contributed by atoms with Gasteiger partial charge in [-0.2, -0.15) is 0 Å². The summed E-state index contributed by atoms with van der Waals surface area (Å²) in [5.41, 5.74) is 1.95. The molecule has 1 aliphatic heterocycles. The van der Waals surface area contributed by atoms with Gasteiger partial charge in [0, 0.05) is 17.4 Å². The van der Waals surface area contributed by atoms with E-state index in [0.29, 0.717) is 30.0 Å². The number of hydrogen-bond acceptors (Lipinski definition) is 5. The van der Waals surface area contributed by atoms with Gasteiger partial charge >= 0.3 is 0 Å². The molecule has 2 saturated carbocycles. The number of hydrogen-bond donors (Lipinski definition) is 2. The normalized spacial score (nSPS) is 31.2. The van der Waals surface area contributed by atoms with Crippen LogP contribution in [0.5, 0.6) is 17.2 Å². The number of ether oxygens (including phenoxy) is 1. The third-order valence-corrected chi connectivity index (χ3v) is 9.23. The molecule has 2 fully saturated rings. The fraction of sp³-hybridized carbons (Fsp3) is 0.467. The number of aromatic hydroxyl groups is 2. The van der Waals surface area contributed by atoms with E-state index in [9.17, 15) is 19.8 Å². The van der Waals surface area contributed by atoms with Crippen molar-refractivity contribution in [2.45, 2.75) is 64.4 Å². The van der Waals surface area contributed by atoms with E-state index in [0.717, 1.165) is 37.7 Å². The predicted molar refractivity (Wildman–Crippen MR) is 134 cm³/mol. The minimum atomic E-state index is -0.631. The first-order valence-corrected chi connectivity index (χ1v) is 12.6. The minimum absolute atomic E-state index is 0.0239. The van der Waals surface area contributed by atoms with Crippen LogP contribution in [0, 0.1) is 23.2 Å². The van der Waals surface area contributed by atoms with Crippen LogP contribution < -0.4 is 4.74 Å². The summed E-state index contributed by atoms with van der Waals surface area (Å²) in [6.45, 7) is 11.2. The van der Waals surface area contributed by atoms with Gasteiger partial charge in [0.1, 0.15) is 22.8 Å². The number of rotatable bonds is 3. The van der Waals surface area contributed by atoms with E-state index in [-0.39, 0.29) is 39.9 Å². The van der Waals surface area contributed by atoms with Crippen molar-refractivity contribution in [1.82, 2.24) is 0 Å². The lowest BCUT2D eigenvalue weighted by atomic mass is 9.52. The van der Waals surface area contributed by atoms with E-state index in [1.165, 1.54) is 5.57 Å². The topological polar surface area (TPSA) is 83.8 Å². The summed E-state index contributed by atoms with van der Waals surface area (Å²) in [4.78, 5) is 24.0. The van der Waals surface area contributed by atoms with Crippen LogP contribution >= 0.6 is 0 Å². The number of carbonyl (C=O) groups excluding carboxylic acids is 2. The van der Waals surface area contributed by atoms with Crippen molar-refractivity contribution in [3.05, 3.63) is 64.7 Å². The Morgan fingerprint density at radius 3 is 2.29 bits per heavy atom. The summed E-state index contributed by atoms with van der Waals surface area (Å²) >= 11 is 0. The Morgan fingerprint density at radius 2 is 1.66 bits per heavy atom. The second-order valence-corrected chi connectivity index (χ2v) is 11.6. The molecule has 184 valence electrons. The molecule has 0 radical (unpaired) electrons. The zero-order chi connectivity index (χ0) is 25.1.